The van der Waals surface area contributed by atoms with Gasteiger partial charge in [0.25, 0.3) is 5.96 Å². The molecule has 2 atom stereocenters. The van der Waals surface area contributed by atoms with Crippen molar-refractivity contribution in [1.82, 2.24) is 15.6 Å². The van der Waals surface area contributed by atoms with Gasteiger partial charge >= 0.3 is 0 Å². The van der Waals surface area contributed by atoms with Crippen LogP contribution < -0.4 is 16.5 Å². The van der Waals surface area contributed by atoms with Crippen molar-refractivity contribution in [3.05, 3.63) is 10.1 Å². The first-order chi connectivity index (χ1) is 9.95. The minimum Gasteiger partial charge on any atom is -0.352 e. The van der Waals surface area contributed by atoms with Gasteiger partial charge in [-0.1, -0.05) is 5.43 Å². The summed E-state index contributed by atoms with van der Waals surface area (Å²) >= 11 is 1.41. The molecule has 0 bridgehead atoms. The van der Waals surface area contributed by atoms with E-state index >= 15 is 0 Å². The second-order valence-corrected chi connectivity index (χ2v) is 5.49. The van der Waals surface area contributed by atoms with E-state index in [0.717, 1.165) is 5.75 Å². The summed E-state index contributed by atoms with van der Waals surface area (Å²) in [7, 11) is 0. The number of amides is 1. The summed E-state index contributed by atoms with van der Waals surface area (Å²) in [6, 6.07) is 1.34. The number of carbonyl (C=O) groups is 1. The Hall–Kier alpha value is -2.06. The van der Waals surface area contributed by atoms with Gasteiger partial charge in [0, 0.05) is 18.8 Å². The van der Waals surface area contributed by atoms with E-state index in [2.05, 4.69) is 11.4 Å². The number of nitrogens with two attached hydrogens (primary N) is 1. The van der Waals surface area contributed by atoms with Crippen LogP contribution >= 0.6 is 11.8 Å². The van der Waals surface area contributed by atoms with Crippen molar-refractivity contribution >= 4 is 23.6 Å². The number of nitriles is 1. The predicted molar refractivity (Wildman–Crippen MR) is 76.6 cm³/mol. The van der Waals surface area contributed by atoms with Gasteiger partial charge in [0.1, 0.15) is 0 Å². The molecule has 0 aromatic carbocycles. The lowest BCUT2D eigenvalue weighted by Crippen LogP contribution is -2.46. The largest absolute Gasteiger partial charge is 0.352 e. The molecule has 0 saturated carbocycles. The Morgan fingerprint density at radius 2 is 2.43 bits per heavy atom. The van der Waals surface area contributed by atoms with Crippen LogP contribution in [-0.4, -0.2) is 52.1 Å². The van der Waals surface area contributed by atoms with Gasteiger partial charge in [-0.05, 0) is 12.8 Å². The second kappa shape index (κ2) is 8.28. The van der Waals surface area contributed by atoms with Crippen LogP contribution in [0.5, 0.6) is 0 Å². The lowest BCUT2D eigenvalue weighted by Gasteiger charge is -2.22. The number of hydrazine groups is 1. The predicted octanol–water partition coefficient (Wildman–Crippen LogP) is -1.18. The average Bonchev–Trinajstić information content (AvgIpc) is 2.90. The van der Waals surface area contributed by atoms with Crippen molar-refractivity contribution in [3.63, 3.8) is 0 Å². The van der Waals surface area contributed by atoms with E-state index in [1.807, 2.05) is 0 Å². The van der Waals surface area contributed by atoms with Crippen molar-refractivity contribution in [2.24, 2.45) is 5.73 Å². The lowest BCUT2D eigenvalue weighted by molar-refractivity contribution is -0.525. The van der Waals surface area contributed by atoms with E-state index in [4.69, 9.17) is 16.4 Å². The Labute approximate surface area is 125 Å². The highest BCUT2D eigenvalue weighted by Crippen LogP contribution is 2.23. The van der Waals surface area contributed by atoms with E-state index in [0.29, 0.717) is 19.4 Å². The molecule has 1 amide bonds. The summed E-state index contributed by atoms with van der Waals surface area (Å²) in [5, 5.41) is 27.3. The van der Waals surface area contributed by atoms with Crippen LogP contribution in [0.15, 0.2) is 0 Å². The minimum atomic E-state index is -0.836. The maximum absolute atomic E-state index is 12.1. The lowest BCUT2D eigenvalue weighted by atomic mass is 10.1. The van der Waals surface area contributed by atoms with Gasteiger partial charge in [0.2, 0.25) is 5.91 Å². The van der Waals surface area contributed by atoms with Gasteiger partial charge in [-0.2, -0.15) is 5.26 Å². The molecule has 10 nitrogen and oxygen atoms in total. The number of nitro groups is 1. The molecule has 1 heterocycles. The third-order valence-corrected chi connectivity index (χ3v) is 3.89. The molecule has 1 aliphatic heterocycles. The maximum Gasteiger partial charge on any atom is 0.251 e. The molecule has 1 aliphatic rings. The number of carbonyl (C=O) groups excluding carboxylic acids is 1. The first kappa shape index (κ1) is 17.0. The van der Waals surface area contributed by atoms with Crippen LogP contribution in [0.25, 0.3) is 0 Å². The molecule has 0 radical (unpaired) electrons. The summed E-state index contributed by atoms with van der Waals surface area (Å²) in [5.74, 6) is 0.0486. The van der Waals surface area contributed by atoms with Gasteiger partial charge in [0.05, 0.1) is 12.1 Å². The van der Waals surface area contributed by atoms with Gasteiger partial charge in [0.15, 0.2) is 10.4 Å². The smallest absolute Gasteiger partial charge is 0.251 e. The first-order valence-corrected chi connectivity index (χ1v) is 7.31. The molecule has 11 heteroatoms. The van der Waals surface area contributed by atoms with E-state index in [1.54, 1.807) is 5.43 Å². The third kappa shape index (κ3) is 5.44. The van der Waals surface area contributed by atoms with Crippen molar-refractivity contribution in [3.8, 4) is 6.07 Å². The highest BCUT2D eigenvalue weighted by molar-refractivity contribution is 8.00. The van der Waals surface area contributed by atoms with Crippen molar-refractivity contribution in [2.45, 2.75) is 24.3 Å². The fourth-order valence-electron chi connectivity index (χ4n) is 1.81. The van der Waals surface area contributed by atoms with Crippen molar-refractivity contribution in [1.29, 1.82) is 10.7 Å². The molecule has 0 spiro atoms. The van der Waals surface area contributed by atoms with E-state index in [9.17, 15) is 14.9 Å². The van der Waals surface area contributed by atoms with Crippen LogP contribution in [0.4, 0.5) is 0 Å². The SMILES string of the molecule is N#C[C@@H]1SCCN1C(=O)[C@@H](N)CCCNC(=N)N[N+](=O)[O-]. The van der Waals surface area contributed by atoms with Crippen LogP contribution in [0.1, 0.15) is 12.8 Å². The van der Waals surface area contributed by atoms with Gasteiger partial charge in [-0.25, -0.2) is 10.1 Å². The van der Waals surface area contributed by atoms with Gasteiger partial charge in [-0.15, -0.1) is 11.8 Å². The Morgan fingerprint density at radius 1 is 1.71 bits per heavy atom. The van der Waals surface area contributed by atoms with E-state index in [-0.39, 0.29) is 12.5 Å². The highest BCUT2D eigenvalue weighted by atomic mass is 32.2. The summed E-state index contributed by atoms with van der Waals surface area (Å²) in [5.41, 5.74) is 7.46. The number of nitrogens with one attached hydrogen (secondary N) is 3. The zero-order valence-corrected chi connectivity index (χ0v) is 12.1. The van der Waals surface area contributed by atoms with Crippen LogP contribution in [0.3, 0.4) is 0 Å². The summed E-state index contributed by atoms with van der Waals surface area (Å²) in [6.45, 7) is 0.808. The molecule has 21 heavy (non-hydrogen) atoms. The number of thioether (sulfide) groups is 1. The zero-order valence-electron chi connectivity index (χ0n) is 11.2. The van der Waals surface area contributed by atoms with Crippen LogP contribution in [0, 0.1) is 26.9 Å². The Balaban J connectivity index is 2.26. The number of hydrogen-bond donors (Lipinski definition) is 4. The first-order valence-electron chi connectivity index (χ1n) is 6.26. The molecule has 1 rings (SSSR count). The molecular weight excluding hydrogens is 298 g/mol. The van der Waals surface area contributed by atoms with E-state index < -0.39 is 22.4 Å². The molecule has 0 aromatic rings. The Kier molecular flexibility index (Phi) is 6.70. The number of hydrogen-bond acceptors (Lipinski definition) is 7. The molecule has 0 unspecified atom stereocenters. The standard InChI is InChI=1S/C10H17N7O3S/c11-6-8-16(4-5-21-8)9(18)7(12)2-1-3-14-10(13)15-17(19)20/h7-8H,1-5,12H2,(H3,13,14,15)/t7-,8-/m0/s1. The summed E-state index contributed by atoms with van der Waals surface area (Å²) < 4.78 is 0. The van der Waals surface area contributed by atoms with Crippen LogP contribution in [-0.2, 0) is 4.79 Å². The highest BCUT2D eigenvalue weighted by Gasteiger charge is 2.31. The van der Waals surface area contributed by atoms with Crippen molar-refractivity contribution < 1.29 is 9.83 Å². The number of nitrogens with zero attached hydrogens (tertiary/aromatic N) is 3. The molecule has 1 saturated heterocycles. The topological polar surface area (TPSA) is 161 Å². The summed E-state index contributed by atoms with van der Waals surface area (Å²) in [6.07, 6.45) is 0.851. The van der Waals surface area contributed by atoms with Gasteiger partial charge in [-0.3, -0.25) is 10.2 Å². The molecule has 0 aromatic heterocycles. The monoisotopic (exact) mass is 315 g/mol. The number of rotatable bonds is 6. The fourth-order valence-corrected chi connectivity index (χ4v) is 2.79. The number of guanidine groups is 1. The fraction of sp³-hybridized carbons (Fsp3) is 0.700. The van der Waals surface area contributed by atoms with Crippen molar-refractivity contribution in [2.75, 3.05) is 18.8 Å². The Morgan fingerprint density at radius 3 is 3.05 bits per heavy atom. The van der Waals surface area contributed by atoms with E-state index in [1.165, 1.54) is 16.7 Å². The van der Waals surface area contributed by atoms with Gasteiger partial charge < -0.3 is 16.0 Å². The second-order valence-electron chi connectivity index (χ2n) is 4.30. The molecular formula is C10H17N7O3S. The zero-order chi connectivity index (χ0) is 15.8. The average molecular weight is 315 g/mol. The molecule has 0 aliphatic carbocycles. The molecule has 1 fully saturated rings. The normalized spacial score (nSPS) is 18.7. The maximum atomic E-state index is 12.1. The quantitative estimate of drug-likeness (QED) is 0.157. The third-order valence-electron chi connectivity index (χ3n) is 2.80. The van der Waals surface area contributed by atoms with Crippen LogP contribution in [0.2, 0.25) is 0 Å². The summed E-state index contributed by atoms with van der Waals surface area (Å²) in [4.78, 5) is 23.6. The molecule has 5 N–H and O–H groups in total. The molecule has 116 valence electrons. The Bertz CT molecular complexity index is 452. The minimum absolute atomic E-state index is 0.259.